The summed E-state index contributed by atoms with van der Waals surface area (Å²) in [5.74, 6) is 4.75. The predicted octanol–water partition coefficient (Wildman–Crippen LogP) is 3.88. The Bertz CT molecular complexity index is 430. The first-order chi connectivity index (χ1) is 9.58. The van der Waals surface area contributed by atoms with Crippen LogP contribution in [0.5, 0.6) is 0 Å². The van der Waals surface area contributed by atoms with Crippen molar-refractivity contribution in [2.24, 2.45) is 11.8 Å². The Hall–Kier alpha value is -1.32. The third-order valence-corrected chi connectivity index (χ3v) is 4.13. The molecular weight excluding hydrogens is 248 g/mol. The normalized spacial score (nSPS) is 22.9. The summed E-state index contributed by atoms with van der Waals surface area (Å²) in [5, 5.41) is 6.63. The highest BCUT2D eigenvalue weighted by molar-refractivity contribution is 5.47. The average Bonchev–Trinajstić information content (AvgIpc) is 2.45. The Balaban J connectivity index is 1.99. The number of hydrogen-bond donors (Lipinski definition) is 2. The first-order valence-electron chi connectivity index (χ1n) is 7.89. The van der Waals surface area contributed by atoms with Gasteiger partial charge in [-0.15, -0.1) is 0 Å². The molecule has 1 fully saturated rings. The van der Waals surface area contributed by atoms with Gasteiger partial charge in [0.2, 0.25) is 0 Å². The van der Waals surface area contributed by atoms with E-state index in [4.69, 9.17) is 0 Å². The quantitative estimate of drug-likeness (QED) is 0.857. The highest BCUT2D eigenvalue weighted by Gasteiger charge is 2.18. The Morgan fingerprint density at radius 2 is 2.00 bits per heavy atom. The summed E-state index contributed by atoms with van der Waals surface area (Å²) in [6.07, 6.45) is 5.45. The standard InChI is InChI=1S/C16H28N4/c1-11(2)16-19-14(17-4)9-15(20-16)18-10-13-7-5-6-12(3)8-13/h9,11-13H,5-8,10H2,1-4H3,(H2,17,18,19,20). The monoisotopic (exact) mass is 276 g/mol. The fourth-order valence-electron chi connectivity index (χ4n) is 2.94. The van der Waals surface area contributed by atoms with Crippen molar-refractivity contribution in [3.63, 3.8) is 0 Å². The zero-order chi connectivity index (χ0) is 14.5. The number of rotatable bonds is 5. The minimum atomic E-state index is 0.346. The summed E-state index contributed by atoms with van der Waals surface area (Å²) in [7, 11) is 1.90. The topological polar surface area (TPSA) is 49.8 Å². The van der Waals surface area contributed by atoms with E-state index in [1.54, 1.807) is 0 Å². The predicted molar refractivity (Wildman–Crippen MR) is 85.3 cm³/mol. The van der Waals surface area contributed by atoms with Gasteiger partial charge >= 0.3 is 0 Å². The van der Waals surface area contributed by atoms with Gasteiger partial charge < -0.3 is 10.6 Å². The summed E-state index contributed by atoms with van der Waals surface area (Å²) < 4.78 is 0. The molecular formula is C16H28N4. The molecule has 0 aromatic carbocycles. The van der Waals surface area contributed by atoms with Gasteiger partial charge in [-0.25, -0.2) is 9.97 Å². The van der Waals surface area contributed by atoms with Crippen molar-refractivity contribution < 1.29 is 0 Å². The van der Waals surface area contributed by atoms with Gasteiger partial charge in [0.1, 0.15) is 17.5 Å². The van der Waals surface area contributed by atoms with Crippen LogP contribution in [0.25, 0.3) is 0 Å². The van der Waals surface area contributed by atoms with Gasteiger partial charge in [0.15, 0.2) is 0 Å². The van der Waals surface area contributed by atoms with Crippen molar-refractivity contribution >= 4 is 11.6 Å². The molecule has 1 saturated carbocycles. The summed E-state index contributed by atoms with van der Waals surface area (Å²) in [6, 6.07) is 2.00. The summed E-state index contributed by atoms with van der Waals surface area (Å²) in [5.41, 5.74) is 0. The van der Waals surface area contributed by atoms with Crippen LogP contribution in [0.4, 0.5) is 11.6 Å². The second kappa shape index (κ2) is 6.91. The van der Waals surface area contributed by atoms with Crippen LogP contribution in [0.1, 0.15) is 58.2 Å². The lowest BCUT2D eigenvalue weighted by Gasteiger charge is -2.27. The molecule has 112 valence electrons. The van der Waals surface area contributed by atoms with Crippen LogP contribution in [0.15, 0.2) is 6.07 Å². The van der Waals surface area contributed by atoms with Crippen LogP contribution in [0, 0.1) is 11.8 Å². The average molecular weight is 276 g/mol. The smallest absolute Gasteiger partial charge is 0.135 e. The fourth-order valence-corrected chi connectivity index (χ4v) is 2.94. The van der Waals surface area contributed by atoms with Crippen LogP contribution in [0.3, 0.4) is 0 Å². The molecule has 1 aromatic heterocycles. The molecule has 0 aliphatic heterocycles. The van der Waals surface area contributed by atoms with E-state index in [9.17, 15) is 0 Å². The van der Waals surface area contributed by atoms with Crippen LogP contribution in [0.2, 0.25) is 0 Å². The number of anilines is 2. The molecule has 20 heavy (non-hydrogen) atoms. The molecule has 4 nitrogen and oxygen atoms in total. The molecule has 0 amide bonds. The minimum Gasteiger partial charge on any atom is -0.373 e. The van der Waals surface area contributed by atoms with Crippen LogP contribution in [-0.4, -0.2) is 23.6 Å². The molecule has 4 heteroatoms. The van der Waals surface area contributed by atoms with Gasteiger partial charge in [0.05, 0.1) is 0 Å². The van der Waals surface area contributed by atoms with E-state index in [-0.39, 0.29) is 0 Å². The highest BCUT2D eigenvalue weighted by Crippen LogP contribution is 2.28. The van der Waals surface area contributed by atoms with E-state index in [1.165, 1.54) is 25.7 Å². The second-order valence-electron chi connectivity index (χ2n) is 6.42. The van der Waals surface area contributed by atoms with E-state index < -0.39 is 0 Å². The first-order valence-corrected chi connectivity index (χ1v) is 7.89. The van der Waals surface area contributed by atoms with E-state index in [2.05, 4.69) is 41.4 Å². The lowest BCUT2D eigenvalue weighted by molar-refractivity contribution is 0.293. The van der Waals surface area contributed by atoms with Gasteiger partial charge in [0, 0.05) is 25.6 Å². The molecule has 1 aliphatic rings. The lowest BCUT2D eigenvalue weighted by Crippen LogP contribution is -2.21. The number of aromatic nitrogens is 2. The maximum atomic E-state index is 4.62. The van der Waals surface area contributed by atoms with Crippen molar-refractivity contribution in [3.05, 3.63) is 11.9 Å². The van der Waals surface area contributed by atoms with Crippen molar-refractivity contribution in [1.82, 2.24) is 9.97 Å². The summed E-state index contributed by atoms with van der Waals surface area (Å²) >= 11 is 0. The Kier molecular flexibility index (Phi) is 5.21. The third kappa shape index (κ3) is 4.09. The zero-order valence-electron chi connectivity index (χ0n) is 13.2. The molecule has 2 N–H and O–H groups in total. The SMILES string of the molecule is CNc1cc(NCC2CCCC(C)C2)nc(C(C)C)n1. The molecule has 1 heterocycles. The summed E-state index contributed by atoms with van der Waals surface area (Å²) in [4.78, 5) is 9.12. The third-order valence-electron chi connectivity index (χ3n) is 4.13. The lowest BCUT2D eigenvalue weighted by atomic mass is 9.82. The number of nitrogens with one attached hydrogen (secondary N) is 2. The highest BCUT2D eigenvalue weighted by atomic mass is 15.1. The molecule has 2 atom stereocenters. The van der Waals surface area contributed by atoms with Gasteiger partial charge in [0.25, 0.3) is 0 Å². The van der Waals surface area contributed by atoms with Crippen molar-refractivity contribution in [2.75, 3.05) is 24.2 Å². The largest absolute Gasteiger partial charge is 0.373 e. The van der Waals surface area contributed by atoms with Crippen molar-refractivity contribution in [2.45, 2.75) is 52.4 Å². The van der Waals surface area contributed by atoms with Gasteiger partial charge in [-0.3, -0.25) is 0 Å². The van der Waals surface area contributed by atoms with E-state index >= 15 is 0 Å². The Labute approximate surface area is 122 Å². The maximum Gasteiger partial charge on any atom is 0.135 e. The summed E-state index contributed by atoms with van der Waals surface area (Å²) in [6.45, 7) is 7.65. The van der Waals surface area contributed by atoms with Crippen molar-refractivity contribution in [3.8, 4) is 0 Å². The zero-order valence-corrected chi connectivity index (χ0v) is 13.2. The maximum absolute atomic E-state index is 4.62. The van der Waals surface area contributed by atoms with Crippen molar-refractivity contribution in [1.29, 1.82) is 0 Å². The molecule has 1 aromatic rings. The number of hydrogen-bond acceptors (Lipinski definition) is 4. The second-order valence-corrected chi connectivity index (χ2v) is 6.42. The molecule has 0 spiro atoms. The Morgan fingerprint density at radius 3 is 2.65 bits per heavy atom. The molecule has 1 aliphatic carbocycles. The van der Waals surface area contributed by atoms with Crippen LogP contribution < -0.4 is 10.6 Å². The number of nitrogens with zero attached hydrogens (tertiary/aromatic N) is 2. The van der Waals surface area contributed by atoms with E-state index in [0.717, 1.165) is 35.8 Å². The molecule has 2 rings (SSSR count). The van der Waals surface area contributed by atoms with E-state index in [1.807, 2.05) is 13.1 Å². The molecule has 2 unspecified atom stereocenters. The first kappa shape index (κ1) is 15.1. The molecule has 0 saturated heterocycles. The van der Waals surface area contributed by atoms with Gasteiger partial charge in [-0.2, -0.15) is 0 Å². The van der Waals surface area contributed by atoms with Gasteiger partial charge in [-0.05, 0) is 24.7 Å². The van der Waals surface area contributed by atoms with Crippen LogP contribution in [-0.2, 0) is 0 Å². The molecule has 0 bridgehead atoms. The van der Waals surface area contributed by atoms with E-state index in [0.29, 0.717) is 5.92 Å². The Morgan fingerprint density at radius 1 is 1.25 bits per heavy atom. The van der Waals surface area contributed by atoms with Gasteiger partial charge in [-0.1, -0.05) is 33.6 Å². The fraction of sp³-hybridized carbons (Fsp3) is 0.750. The minimum absolute atomic E-state index is 0.346. The molecule has 0 radical (unpaired) electrons. The van der Waals surface area contributed by atoms with Crippen LogP contribution >= 0.6 is 0 Å².